The molecule has 0 bridgehead atoms. The maximum absolute atomic E-state index is 12.9. The maximum Gasteiger partial charge on any atom is 0.393 e. The van der Waals surface area contributed by atoms with Crippen molar-refractivity contribution in [1.29, 1.82) is 0 Å². The van der Waals surface area contributed by atoms with Crippen molar-refractivity contribution in [3.63, 3.8) is 0 Å². The Morgan fingerprint density at radius 1 is 1.48 bits per heavy atom. The molecule has 23 heavy (non-hydrogen) atoms. The molecule has 1 saturated heterocycles. The lowest BCUT2D eigenvalue weighted by Gasteiger charge is -2.33. The second-order valence-electron chi connectivity index (χ2n) is 5.53. The molecule has 1 fully saturated rings. The second-order valence-corrected chi connectivity index (χ2v) is 6.74. The zero-order valence-electron chi connectivity index (χ0n) is 12.4. The van der Waals surface area contributed by atoms with E-state index in [1.165, 1.54) is 22.5 Å². The largest absolute Gasteiger partial charge is 0.462 e. The Bertz CT molecular complexity index is 694. The standard InChI is InChI=1S/C15H15F3N2O2S/c1-9-12(19-13(23-9)11-5-3-7-22-11)14(21)20-6-2-4-10(8-20)15(16,17)18/h3,5,7,10H,2,4,6,8H2,1H3. The van der Waals surface area contributed by atoms with Gasteiger partial charge in [-0.25, -0.2) is 4.98 Å². The van der Waals surface area contributed by atoms with Gasteiger partial charge in [-0.05, 0) is 31.9 Å². The molecule has 1 amide bonds. The van der Waals surface area contributed by atoms with E-state index in [9.17, 15) is 18.0 Å². The van der Waals surface area contributed by atoms with Crippen molar-refractivity contribution < 1.29 is 22.4 Å². The highest BCUT2D eigenvalue weighted by molar-refractivity contribution is 7.15. The van der Waals surface area contributed by atoms with Crippen LogP contribution in [0.25, 0.3) is 10.8 Å². The van der Waals surface area contributed by atoms with Crippen molar-refractivity contribution in [2.45, 2.75) is 25.9 Å². The van der Waals surface area contributed by atoms with Gasteiger partial charge in [0.25, 0.3) is 5.91 Å². The number of rotatable bonds is 2. The number of aromatic nitrogens is 1. The lowest BCUT2D eigenvalue weighted by molar-refractivity contribution is -0.184. The summed E-state index contributed by atoms with van der Waals surface area (Å²) in [6.07, 6.45) is -2.34. The van der Waals surface area contributed by atoms with E-state index in [4.69, 9.17) is 4.42 Å². The van der Waals surface area contributed by atoms with Crippen LogP contribution in [0.2, 0.25) is 0 Å². The lowest BCUT2D eigenvalue weighted by Crippen LogP contribution is -2.44. The summed E-state index contributed by atoms with van der Waals surface area (Å²) in [5, 5.41) is 0.556. The van der Waals surface area contributed by atoms with Gasteiger partial charge in [0.2, 0.25) is 0 Å². The summed E-state index contributed by atoms with van der Waals surface area (Å²) >= 11 is 1.30. The number of piperidine rings is 1. The van der Waals surface area contributed by atoms with E-state index in [1.54, 1.807) is 19.1 Å². The molecule has 1 atom stereocenters. The predicted octanol–water partition coefficient (Wildman–Crippen LogP) is 4.13. The quantitative estimate of drug-likeness (QED) is 0.823. The molecule has 2 aromatic heterocycles. The average Bonchev–Trinajstić information content (AvgIpc) is 3.15. The van der Waals surface area contributed by atoms with E-state index < -0.39 is 18.0 Å². The van der Waals surface area contributed by atoms with Crippen LogP contribution in [0.3, 0.4) is 0 Å². The molecule has 1 aliphatic rings. The topological polar surface area (TPSA) is 46.3 Å². The Balaban J connectivity index is 1.80. The monoisotopic (exact) mass is 344 g/mol. The van der Waals surface area contributed by atoms with Crippen LogP contribution >= 0.6 is 11.3 Å². The number of carbonyl (C=O) groups excluding carboxylic acids is 1. The first-order valence-electron chi connectivity index (χ1n) is 7.23. The Morgan fingerprint density at radius 2 is 2.26 bits per heavy atom. The van der Waals surface area contributed by atoms with E-state index in [-0.39, 0.29) is 18.7 Å². The van der Waals surface area contributed by atoms with E-state index in [2.05, 4.69) is 4.98 Å². The van der Waals surface area contributed by atoms with Gasteiger partial charge in [0.1, 0.15) is 5.69 Å². The number of hydrogen-bond acceptors (Lipinski definition) is 4. The predicted molar refractivity (Wildman–Crippen MR) is 79.2 cm³/mol. The average molecular weight is 344 g/mol. The Kier molecular flexibility index (Phi) is 4.18. The van der Waals surface area contributed by atoms with Crippen molar-refractivity contribution >= 4 is 17.2 Å². The number of amides is 1. The molecule has 1 unspecified atom stereocenters. The normalized spacial score (nSPS) is 19.1. The van der Waals surface area contributed by atoms with Gasteiger partial charge in [0, 0.05) is 18.0 Å². The van der Waals surface area contributed by atoms with Gasteiger partial charge >= 0.3 is 6.18 Å². The van der Waals surface area contributed by atoms with Crippen LogP contribution in [-0.2, 0) is 0 Å². The number of alkyl halides is 3. The van der Waals surface area contributed by atoms with Crippen LogP contribution < -0.4 is 0 Å². The third kappa shape index (κ3) is 3.26. The molecule has 2 aromatic rings. The van der Waals surface area contributed by atoms with Gasteiger partial charge in [-0.15, -0.1) is 11.3 Å². The fourth-order valence-electron chi connectivity index (χ4n) is 2.68. The van der Waals surface area contributed by atoms with Gasteiger partial charge in [0.15, 0.2) is 10.8 Å². The molecular formula is C15H15F3N2O2S. The van der Waals surface area contributed by atoms with Crippen LogP contribution in [0.1, 0.15) is 28.2 Å². The molecule has 0 aromatic carbocycles. The number of thiazole rings is 1. The number of nitrogens with zero attached hydrogens (tertiary/aromatic N) is 2. The highest BCUT2D eigenvalue weighted by Crippen LogP contribution is 2.34. The summed E-state index contributed by atoms with van der Waals surface area (Å²) in [5.41, 5.74) is 0.212. The summed E-state index contributed by atoms with van der Waals surface area (Å²) in [6.45, 7) is 1.77. The molecule has 3 rings (SSSR count). The fourth-order valence-corrected chi connectivity index (χ4v) is 3.55. The Morgan fingerprint density at radius 3 is 2.91 bits per heavy atom. The minimum absolute atomic E-state index is 0.0704. The molecule has 124 valence electrons. The van der Waals surface area contributed by atoms with E-state index >= 15 is 0 Å². The molecule has 0 spiro atoms. The Hall–Kier alpha value is -1.83. The number of likely N-dealkylation sites (tertiary alicyclic amines) is 1. The number of hydrogen-bond donors (Lipinski definition) is 0. The first-order valence-corrected chi connectivity index (χ1v) is 8.05. The summed E-state index contributed by atoms with van der Waals surface area (Å²) in [5.74, 6) is -1.35. The molecule has 4 nitrogen and oxygen atoms in total. The van der Waals surface area contributed by atoms with Crippen molar-refractivity contribution in [1.82, 2.24) is 9.88 Å². The SMILES string of the molecule is Cc1sc(-c2ccco2)nc1C(=O)N1CCCC(C(F)(F)F)C1. The minimum Gasteiger partial charge on any atom is -0.462 e. The van der Waals surface area contributed by atoms with E-state index in [0.29, 0.717) is 28.6 Å². The molecule has 0 radical (unpaired) electrons. The summed E-state index contributed by atoms with van der Waals surface area (Å²) in [4.78, 5) is 18.8. The molecule has 0 N–H and O–H groups in total. The summed E-state index contributed by atoms with van der Waals surface area (Å²) < 4.78 is 43.9. The number of furan rings is 1. The van der Waals surface area contributed by atoms with Crippen molar-refractivity contribution in [2.75, 3.05) is 13.1 Å². The number of aryl methyl sites for hydroxylation is 1. The van der Waals surface area contributed by atoms with Gasteiger partial charge < -0.3 is 9.32 Å². The zero-order chi connectivity index (χ0) is 16.6. The van der Waals surface area contributed by atoms with Crippen LogP contribution in [0.4, 0.5) is 13.2 Å². The van der Waals surface area contributed by atoms with Crippen LogP contribution in [0.5, 0.6) is 0 Å². The highest BCUT2D eigenvalue weighted by atomic mass is 32.1. The number of halogens is 3. The molecule has 3 heterocycles. The van der Waals surface area contributed by atoms with Crippen LogP contribution in [-0.4, -0.2) is 35.1 Å². The smallest absolute Gasteiger partial charge is 0.393 e. The number of carbonyl (C=O) groups is 1. The fraction of sp³-hybridized carbons (Fsp3) is 0.467. The van der Waals surface area contributed by atoms with Gasteiger partial charge in [0.05, 0.1) is 12.2 Å². The van der Waals surface area contributed by atoms with Crippen LogP contribution in [0.15, 0.2) is 22.8 Å². The van der Waals surface area contributed by atoms with Crippen molar-refractivity contribution in [2.24, 2.45) is 5.92 Å². The molecular weight excluding hydrogens is 329 g/mol. The van der Waals surface area contributed by atoms with Crippen molar-refractivity contribution in [3.05, 3.63) is 29.0 Å². The summed E-state index contributed by atoms with van der Waals surface area (Å²) in [7, 11) is 0. The third-order valence-electron chi connectivity index (χ3n) is 3.90. The van der Waals surface area contributed by atoms with Gasteiger partial charge in [-0.1, -0.05) is 0 Å². The van der Waals surface area contributed by atoms with Crippen molar-refractivity contribution in [3.8, 4) is 10.8 Å². The first-order chi connectivity index (χ1) is 10.9. The van der Waals surface area contributed by atoms with E-state index in [1.807, 2.05) is 0 Å². The Labute approximate surface area is 134 Å². The molecule has 0 saturated carbocycles. The highest BCUT2D eigenvalue weighted by Gasteiger charge is 2.43. The molecule has 0 aliphatic carbocycles. The minimum atomic E-state index is -4.27. The van der Waals surface area contributed by atoms with Crippen LogP contribution in [0, 0.1) is 12.8 Å². The van der Waals surface area contributed by atoms with E-state index in [0.717, 1.165) is 0 Å². The first kappa shape index (κ1) is 16.0. The van der Waals surface area contributed by atoms with Gasteiger partial charge in [-0.2, -0.15) is 13.2 Å². The van der Waals surface area contributed by atoms with Gasteiger partial charge in [-0.3, -0.25) is 4.79 Å². The maximum atomic E-state index is 12.9. The molecule has 1 aliphatic heterocycles. The zero-order valence-corrected chi connectivity index (χ0v) is 13.2. The third-order valence-corrected chi connectivity index (χ3v) is 4.89. The molecule has 8 heteroatoms. The lowest BCUT2D eigenvalue weighted by atomic mass is 9.97. The second kappa shape index (κ2) is 5.99. The summed E-state index contributed by atoms with van der Waals surface area (Å²) in [6, 6.07) is 3.44.